The number of ether oxygens (including phenoxy) is 3. The van der Waals surface area contributed by atoms with Crippen molar-refractivity contribution in [2.45, 2.75) is 36.3 Å². The van der Waals surface area contributed by atoms with Crippen molar-refractivity contribution in [3.63, 3.8) is 0 Å². The number of rotatable bonds is 9. The summed E-state index contributed by atoms with van der Waals surface area (Å²) in [6.45, 7) is 5.87. The summed E-state index contributed by atoms with van der Waals surface area (Å²) in [5, 5.41) is 1.00. The van der Waals surface area contributed by atoms with E-state index >= 15 is 4.39 Å². The van der Waals surface area contributed by atoms with E-state index in [1.54, 1.807) is 6.92 Å². The maximum absolute atomic E-state index is 15.1. The predicted octanol–water partition coefficient (Wildman–Crippen LogP) is 4.04. The molecular formula is C33H37ClFN5O8S. The Morgan fingerprint density at radius 1 is 1.04 bits per heavy atom. The molecule has 1 amide bonds. The summed E-state index contributed by atoms with van der Waals surface area (Å²) in [6.07, 6.45) is 2.21. The molecule has 0 radical (unpaired) electrons. The van der Waals surface area contributed by atoms with Crippen LogP contribution < -0.4 is 13.8 Å². The normalized spacial score (nSPS) is 21.0. The Balaban J connectivity index is 1.38. The number of sulfonamides is 1. The SMILES string of the molecule is CCOc1ncccc1C1(OC(=O)ON2CCN(C3CCN(C)CC3)CC2)C(=O)N(S(=O)(=O)c2ccc(OC)cc2)c2cc(F)c(Cl)cc21. The van der Waals surface area contributed by atoms with Gasteiger partial charge in [0, 0.05) is 50.0 Å². The van der Waals surface area contributed by atoms with E-state index in [1.165, 1.54) is 54.8 Å². The third-order valence-corrected chi connectivity index (χ3v) is 11.1. The number of hydroxylamine groups is 2. The number of hydrogen-bond acceptors (Lipinski definition) is 12. The Bertz CT molecular complexity index is 1820. The van der Waals surface area contributed by atoms with Crippen molar-refractivity contribution in [3.05, 3.63) is 76.7 Å². The number of carbonyl (C=O) groups is 2. The third-order valence-electron chi connectivity index (χ3n) is 9.07. The van der Waals surface area contributed by atoms with Crippen molar-refractivity contribution in [3.8, 4) is 11.6 Å². The van der Waals surface area contributed by atoms with Crippen LogP contribution in [0.25, 0.3) is 0 Å². The molecule has 6 rings (SSSR count). The van der Waals surface area contributed by atoms with E-state index in [-0.39, 0.29) is 28.5 Å². The van der Waals surface area contributed by atoms with E-state index in [4.69, 9.17) is 30.6 Å². The first kappa shape index (κ1) is 34.8. The fourth-order valence-electron chi connectivity index (χ4n) is 6.54. The van der Waals surface area contributed by atoms with Crippen LogP contribution in [0.5, 0.6) is 11.6 Å². The number of methoxy groups -OCH3 is 1. The molecule has 0 saturated carbocycles. The second kappa shape index (κ2) is 14.1. The number of anilines is 1. The van der Waals surface area contributed by atoms with E-state index in [0.29, 0.717) is 42.3 Å². The number of piperidine rings is 1. The van der Waals surface area contributed by atoms with Crippen molar-refractivity contribution in [2.75, 3.05) is 64.3 Å². The van der Waals surface area contributed by atoms with Gasteiger partial charge in [0.1, 0.15) is 11.6 Å². The lowest BCUT2D eigenvalue weighted by Gasteiger charge is -2.41. The number of aromatic nitrogens is 1. The highest BCUT2D eigenvalue weighted by molar-refractivity contribution is 7.93. The van der Waals surface area contributed by atoms with Gasteiger partial charge in [-0.3, -0.25) is 9.69 Å². The third kappa shape index (κ3) is 6.53. The standard InChI is InChI=1S/C33H37ClFN5O8S/c1-4-46-30-25(6-5-13-36-30)33(47-32(42)48-39-18-16-38(17-19-39)22-11-14-37(2)15-12-22)26-20-27(34)28(35)21-29(26)40(31(33)41)49(43,44)24-9-7-23(45-3)8-10-24/h5-10,13,20-22H,4,11-12,14-19H2,1-3H3. The van der Waals surface area contributed by atoms with Crippen molar-refractivity contribution >= 4 is 39.4 Å². The highest BCUT2D eigenvalue weighted by Crippen LogP contribution is 2.52. The van der Waals surface area contributed by atoms with Crippen LogP contribution in [0.1, 0.15) is 30.9 Å². The van der Waals surface area contributed by atoms with Gasteiger partial charge in [0.05, 0.1) is 34.9 Å². The molecule has 2 fully saturated rings. The number of halogens is 2. The number of nitrogens with zero attached hydrogens (tertiary/aromatic N) is 5. The second-order valence-electron chi connectivity index (χ2n) is 11.9. The number of likely N-dealkylation sites (tertiary alicyclic amines) is 1. The summed E-state index contributed by atoms with van der Waals surface area (Å²) in [4.78, 5) is 42.8. The van der Waals surface area contributed by atoms with Gasteiger partial charge in [-0.1, -0.05) is 11.6 Å². The van der Waals surface area contributed by atoms with Crippen LogP contribution in [0.15, 0.2) is 59.6 Å². The van der Waals surface area contributed by atoms with Gasteiger partial charge in [0.15, 0.2) is 0 Å². The van der Waals surface area contributed by atoms with Crippen LogP contribution in [-0.4, -0.2) is 106 Å². The van der Waals surface area contributed by atoms with Gasteiger partial charge in [-0.25, -0.2) is 22.6 Å². The Morgan fingerprint density at radius 2 is 1.73 bits per heavy atom. The Kier molecular flexibility index (Phi) is 10.0. The van der Waals surface area contributed by atoms with E-state index in [9.17, 15) is 18.0 Å². The monoisotopic (exact) mass is 717 g/mol. The zero-order chi connectivity index (χ0) is 34.9. The molecule has 0 N–H and O–H groups in total. The van der Waals surface area contributed by atoms with E-state index in [0.717, 1.165) is 38.1 Å². The summed E-state index contributed by atoms with van der Waals surface area (Å²) in [5.41, 5.74) is -3.30. The molecule has 1 unspecified atom stereocenters. The first-order valence-corrected chi connectivity index (χ1v) is 17.7. The summed E-state index contributed by atoms with van der Waals surface area (Å²) in [7, 11) is -1.21. The van der Waals surface area contributed by atoms with Crippen LogP contribution in [-0.2, 0) is 30.0 Å². The lowest BCUT2D eigenvalue weighted by Crippen LogP contribution is -2.53. The molecule has 16 heteroatoms. The summed E-state index contributed by atoms with van der Waals surface area (Å²) < 4.78 is 60.7. The van der Waals surface area contributed by atoms with Gasteiger partial charge in [-0.15, -0.1) is 5.06 Å². The number of hydrogen-bond donors (Lipinski definition) is 0. The summed E-state index contributed by atoms with van der Waals surface area (Å²) in [5.74, 6) is -2.00. The van der Waals surface area contributed by atoms with E-state index in [2.05, 4.69) is 21.8 Å². The summed E-state index contributed by atoms with van der Waals surface area (Å²) >= 11 is 6.24. The molecule has 0 spiro atoms. The van der Waals surface area contributed by atoms with Gasteiger partial charge in [-0.2, -0.15) is 4.31 Å². The molecule has 2 aromatic carbocycles. The molecule has 49 heavy (non-hydrogen) atoms. The number of piperazine rings is 1. The maximum atomic E-state index is 15.1. The van der Waals surface area contributed by atoms with Crippen LogP contribution in [0.2, 0.25) is 5.02 Å². The van der Waals surface area contributed by atoms with E-state index < -0.39 is 44.2 Å². The molecule has 13 nitrogen and oxygen atoms in total. The molecule has 262 valence electrons. The Morgan fingerprint density at radius 3 is 2.39 bits per heavy atom. The molecule has 3 aromatic rings. The highest BCUT2D eigenvalue weighted by atomic mass is 35.5. The zero-order valence-corrected chi connectivity index (χ0v) is 28.9. The maximum Gasteiger partial charge on any atom is 0.529 e. The van der Waals surface area contributed by atoms with E-state index in [1.807, 2.05) is 0 Å². The topological polar surface area (TPSA) is 131 Å². The molecule has 1 atom stereocenters. The molecule has 3 aliphatic rings. The lowest BCUT2D eigenvalue weighted by atomic mass is 9.87. The minimum atomic E-state index is -4.74. The average molecular weight is 718 g/mol. The first-order chi connectivity index (χ1) is 23.5. The number of benzene rings is 2. The fraction of sp³-hybridized carbons (Fsp3) is 0.424. The van der Waals surface area contributed by atoms with Gasteiger partial charge in [0.25, 0.3) is 21.5 Å². The highest BCUT2D eigenvalue weighted by Gasteiger charge is 2.61. The molecular weight excluding hydrogens is 681 g/mol. The molecule has 2 saturated heterocycles. The predicted molar refractivity (Wildman–Crippen MR) is 176 cm³/mol. The Labute approximate surface area is 289 Å². The van der Waals surface area contributed by atoms with Crippen LogP contribution in [0.4, 0.5) is 14.9 Å². The average Bonchev–Trinajstić information content (AvgIpc) is 3.33. The smallest absolute Gasteiger partial charge is 0.497 e. The molecule has 0 aliphatic carbocycles. The minimum absolute atomic E-state index is 0.102. The number of fused-ring (bicyclic) bond motifs is 1. The largest absolute Gasteiger partial charge is 0.529 e. The number of amides is 1. The van der Waals surface area contributed by atoms with Crippen LogP contribution in [0.3, 0.4) is 0 Å². The minimum Gasteiger partial charge on any atom is -0.497 e. The lowest BCUT2D eigenvalue weighted by molar-refractivity contribution is -0.168. The number of carbonyl (C=O) groups excluding carboxylic acids is 2. The molecule has 0 bridgehead atoms. The van der Waals surface area contributed by atoms with Gasteiger partial charge in [0.2, 0.25) is 5.88 Å². The van der Waals surface area contributed by atoms with Crippen LogP contribution >= 0.6 is 11.6 Å². The summed E-state index contributed by atoms with van der Waals surface area (Å²) in [6, 6.07) is 10.5. The molecule has 4 heterocycles. The van der Waals surface area contributed by atoms with Gasteiger partial charge in [-0.05, 0) is 82.4 Å². The van der Waals surface area contributed by atoms with Crippen molar-refractivity contribution in [2.24, 2.45) is 0 Å². The Hall–Kier alpha value is -4.02. The van der Waals surface area contributed by atoms with Gasteiger partial charge >= 0.3 is 6.16 Å². The van der Waals surface area contributed by atoms with Crippen molar-refractivity contribution in [1.82, 2.24) is 19.8 Å². The second-order valence-corrected chi connectivity index (χ2v) is 14.1. The molecule has 3 aliphatic heterocycles. The van der Waals surface area contributed by atoms with Crippen molar-refractivity contribution < 1.29 is 41.4 Å². The number of pyridine rings is 1. The van der Waals surface area contributed by atoms with Crippen molar-refractivity contribution in [1.29, 1.82) is 0 Å². The van der Waals surface area contributed by atoms with Crippen LogP contribution in [0, 0.1) is 5.82 Å². The fourth-order valence-corrected chi connectivity index (χ4v) is 8.15. The zero-order valence-electron chi connectivity index (χ0n) is 27.3. The quantitative estimate of drug-likeness (QED) is 0.296. The van der Waals surface area contributed by atoms with Gasteiger partial charge < -0.3 is 23.9 Å². The molecule has 1 aromatic heterocycles. The first-order valence-electron chi connectivity index (χ1n) is 15.9.